The van der Waals surface area contributed by atoms with E-state index < -0.39 is 17.5 Å². The maximum atomic E-state index is 13.7. The molecule has 16 heteroatoms. The lowest BCUT2D eigenvalue weighted by molar-refractivity contribution is 0.0528. The van der Waals surface area contributed by atoms with Crippen LogP contribution in [0.2, 0.25) is 0 Å². The molecule has 6 aromatic rings. The van der Waals surface area contributed by atoms with E-state index >= 15 is 0 Å². The van der Waals surface area contributed by atoms with Crippen molar-refractivity contribution in [2.24, 2.45) is 5.73 Å². The number of hydrogen-bond donors (Lipinski definition) is 4. The van der Waals surface area contributed by atoms with Crippen molar-refractivity contribution in [2.75, 3.05) is 23.7 Å². The van der Waals surface area contributed by atoms with Gasteiger partial charge in [-0.15, -0.1) is 0 Å². The Balaban J connectivity index is 0.000000199. The molecule has 6 aromatic heterocycles. The first kappa shape index (κ1) is 34.6. The fourth-order valence-electron chi connectivity index (χ4n) is 4.42. The first-order valence-corrected chi connectivity index (χ1v) is 15.4. The van der Waals surface area contributed by atoms with Crippen molar-refractivity contribution in [3.63, 3.8) is 0 Å². The van der Waals surface area contributed by atoms with Gasteiger partial charge in [-0.1, -0.05) is 0 Å². The lowest BCUT2D eigenvalue weighted by Gasteiger charge is -2.19. The molecular weight excluding hydrogens is 638 g/mol. The molecule has 0 aliphatic carbocycles. The number of alkyl carbamates (subject to hydrolysis) is 1. The zero-order valence-electron chi connectivity index (χ0n) is 27.2. The van der Waals surface area contributed by atoms with Gasteiger partial charge in [0.1, 0.15) is 17.2 Å². The van der Waals surface area contributed by atoms with E-state index in [2.05, 4.69) is 45.9 Å². The molecule has 0 saturated heterocycles. The monoisotopic (exact) mass is 674 g/mol. The zero-order chi connectivity index (χ0) is 34.8. The highest BCUT2D eigenvalue weighted by molar-refractivity contribution is 5.84. The smallest absolute Gasteiger partial charge is 0.407 e. The molecular formula is C33H36F2N10O4. The minimum atomic E-state index is -0.555. The number of carbonyl (C=O) groups is 1. The number of halogens is 2. The average molecular weight is 675 g/mol. The molecule has 5 N–H and O–H groups in total. The number of amides is 1. The normalized spacial score (nSPS) is 11.2. The van der Waals surface area contributed by atoms with Gasteiger partial charge >= 0.3 is 6.09 Å². The minimum Gasteiger partial charge on any atom is -0.444 e. The van der Waals surface area contributed by atoms with Crippen LogP contribution in [-0.2, 0) is 30.7 Å². The summed E-state index contributed by atoms with van der Waals surface area (Å²) in [6.07, 6.45) is 6.71. The highest BCUT2D eigenvalue weighted by atomic mass is 19.1. The second-order valence-electron chi connectivity index (χ2n) is 11.5. The molecule has 0 unspecified atom stereocenters. The molecule has 0 aliphatic rings. The van der Waals surface area contributed by atoms with Gasteiger partial charge in [-0.2, -0.15) is 0 Å². The van der Waals surface area contributed by atoms with Crippen LogP contribution in [0.4, 0.5) is 25.2 Å². The van der Waals surface area contributed by atoms with Gasteiger partial charge in [0.25, 0.3) is 0 Å². The number of anilines is 2. The van der Waals surface area contributed by atoms with Gasteiger partial charge in [0, 0.05) is 62.9 Å². The van der Waals surface area contributed by atoms with E-state index in [9.17, 15) is 13.6 Å². The molecule has 6 rings (SSSR count). The van der Waals surface area contributed by atoms with Gasteiger partial charge in [0.15, 0.2) is 45.6 Å². The number of nitrogens with two attached hydrogens (primary N) is 1. The predicted octanol–water partition coefficient (Wildman–Crippen LogP) is 5.31. The molecule has 1 amide bonds. The number of aromatic nitrogens is 6. The molecule has 0 bridgehead atoms. The number of nitrogens with zero attached hydrogens (tertiary/aromatic N) is 6. The summed E-state index contributed by atoms with van der Waals surface area (Å²) in [4.78, 5) is 36.9. The van der Waals surface area contributed by atoms with Crippen molar-refractivity contribution in [1.29, 1.82) is 0 Å². The van der Waals surface area contributed by atoms with E-state index in [1.165, 1.54) is 24.4 Å². The Kier molecular flexibility index (Phi) is 11.2. The summed E-state index contributed by atoms with van der Waals surface area (Å²) in [6, 6.07) is 9.23. The summed E-state index contributed by atoms with van der Waals surface area (Å²) in [5.74, 6) is 1.26. The summed E-state index contributed by atoms with van der Waals surface area (Å²) >= 11 is 0. The number of hydrogen-bond acceptors (Lipinski definition) is 13. The quantitative estimate of drug-likeness (QED) is 0.138. The molecule has 6 heterocycles. The Bertz CT molecular complexity index is 2010. The molecule has 0 fully saturated rings. The zero-order valence-corrected chi connectivity index (χ0v) is 27.2. The topological polar surface area (TPSA) is 192 Å². The number of ether oxygens (including phenoxy) is 1. The third-order valence-corrected chi connectivity index (χ3v) is 6.58. The van der Waals surface area contributed by atoms with Gasteiger partial charge in [0.05, 0.1) is 24.5 Å². The van der Waals surface area contributed by atoms with Crippen LogP contribution >= 0.6 is 0 Å². The van der Waals surface area contributed by atoms with Crippen LogP contribution in [0.5, 0.6) is 0 Å². The minimum absolute atomic E-state index is 0.168. The second-order valence-corrected chi connectivity index (χ2v) is 11.5. The maximum absolute atomic E-state index is 13.7. The predicted molar refractivity (Wildman–Crippen MR) is 177 cm³/mol. The molecule has 49 heavy (non-hydrogen) atoms. The largest absolute Gasteiger partial charge is 0.444 e. The molecule has 0 spiro atoms. The second kappa shape index (κ2) is 15.9. The van der Waals surface area contributed by atoms with Gasteiger partial charge in [0.2, 0.25) is 0 Å². The number of pyridine rings is 4. The third-order valence-electron chi connectivity index (χ3n) is 6.58. The van der Waals surface area contributed by atoms with Crippen LogP contribution < -0.4 is 21.7 Å². The Labute approximate surface area is 279 Å². The molecule has 14 nitrogen and oxygen atoms in total. The first-order valence-electron chi connectivity index (χ1n) is 15.4. The van der Waals surface area contributed by atoms with Crippen molar-refractivity contribution in [1.82, 2.24) is 35.2 Å². The average Bonchev–Trinajstić information content (AvgIpc) is 3.68. The van der Waals surface area contributed by atoms with Crippen LogP contribution in [0.25, 0.3) is 22.2 Å². The van der Waals surface area contributed by atoms with Crippen LogP contribution in [-0.4, -0.2) is 54.7 Å². The van der Waals surface area contributed by atoms with Crippen molar-refractivity contribution in [3.8, 4) is 0 Å². The number of oxazole rings is 2. The molecule has 0 atom stereocenters. The van der Waals surface area contributed by atoms with Gasteiger partial charge in [-0.25, -0.2) is 33.5 Å². The lowest BCUT2D eigenvalue weighted by atomic mass is 10.2. The van der Waals surface area contributed by atoms with Crippen LogP contribution in [0.3, 0.4) is 0 Å². The van der Waals surface area contributed by atoms with Gasteiger partial charge in [-0.3, -0.25) is 9.97 Å². The van der Waals surface area contributed by atoms with E-state index in [4.69, 9.17) is 19.3 Å². The summed E-state index contributed by atoms with van der Waals surface area (Å²) in [5.41, 5.74) is 7.85. The summed E-state index contributed by atoms with van der Waals surface area (Å²) < 4.78 is 43.7. The molecule has 0 aromatic carbocycles. The van der Waals surface area contributed by atoms with E-state index in [1.54, 1.807) is 57.6 Å². The summed E-state index contributed by atoms with van der Waals surface area (Å²) in [5, 5.41) is 8.72. The molecule has 256 valence electrons. The van der Waals surface area contributed by atoms with E-state index in [0.717, 1.165) is 0 Å². The Morgan fingerprint density at radius 2 is 1.29 bits per heavy atom. The Morgan fingerprint density at radius 1 is 0.776 bits per heavy atom. The Morgan fingerprint density at radius 3 is 1.76 bits per heavy atom. The summed E-state index contributed by atoms with van der Waals surface area (Å²) in [7, 11) is 0. The van der Waals surface area contributed by atoms with Crippen molar-refractivity contribution < 1.29 is 27.1 Å². The number of rotatable bonds is 11. The number of nitrogens with one attached hydrogen (secondary N) is 3. The number of fused-ring (bicyclic) bond motifs is 2. The van der Waals surface area contributed by atoms with Crippen molar-refractivity contribution in [3.05, 3.63) is 96.0 Å². The fourth-order valence-corrected chi connectivity index (χ4v) is 4.42. The third kappa shape index (κ3) is 9.63. The lowest BCUT2D eigenvalue weighted by Crippen LogP contribution is -2.33. The standard InChI is InChI=1S/C19H22FN5O3.C14H14FN5O/c1-19(2,3)28-18(26)23-10-7-15-25-16-14(27-15)6-9-22-17(16)24-11-13-12(20)5-4-8-21-13;15-9-2-1-6-17-10(9)8-19-14-13-11(4-7-18-14)21-12(20-13)3-5-16/h4-6,8-9H,7,10-11H2,1-3H3,(H,22,24)(H,23,26);1-2,4,6-7H,3,5,8,16H2,(H,18,19). The van der Waals surface area contributed by atoms with Crippen LogP contribution in [0.1, 0.15) is 43.9 Å². The van der Waals surface area contributed by atoms with Crippen molar-refractivity contribution >= 4 is 39.9 Å². The van der Waals surface area contributed by atoms with E-state index in [1.807, 2.05) is 0 Å². The molecule has 0 aliphatic heterocycles. The SMILES string of the molecule is CC(C)(C)OC(=O)NCCc1nc2c(NCc3ncccc3F)nccc2o1.NCCc1nc2c(NCc3ncccc3F)nccc2o1. The fraction of sp³-hybridized carbons (Fsp3) is 0.303. The van der Waals surface area contributed by atoms with E-state index in [0.29, 0.717) is 77.2 Å². The van der Waals surface area contributed by atoms with Crippen LogP contribution in [0, 0.1) is 11.6 Å². The van der Waals surface area contributed by atoms with Crippen LogP contribution in [0.15, 0.2) is 70.0 Å². The van der Waals surface area contributed by atoms with Crippen molar-refractivity contribution in [2.45, 2.75) is 52.3 Å². The highest BCUT2D eigenvalue weighted by Gasteiger charge is 2.17. The first-order chi connectivity index (χ1) is 23.6. The Hall–Kier alpha value is -5.77. The molecule has 0 saturated carbocycles. The van der Waals surface area contributed by atoms with Gasteiger partial charge in [-0.05, 0) is 45.0 Å². The van der Waals surface area contributed by atoms with E-state index in [-0.39, 0.29) is 24.6 Å². The van der Waals surface area contributed by atoms with Gasteiger partial charge < -0.3 is 35.3 Å². The highest BCUT2D eigenvalue weighted by Crippen LogP contribution is 2.23. The maximum Gasteiger partial charge on any atom is 0.407 e. The number of carbonyl (C=O) groups excluding carboxylic acids is 1. The summed E-state index contributed by atoms with van der Waals surface area (Å²) in [6.45, 7) is 6.56. The molecule has 0 radical (unpaired) electrons.